The topological polar surface area (TPSA) is 84.8 Å². The maximum atomic E-state index is 9.05. The van der Waals surface area contributed by atoms with Gasteiger partial charge in [0.05, 0.1) is 24.4 Å². The van der Waals surface area contributed by atoms with Crippen LogP contribution in [0, 0.1) is 18.3 Å². The van der Waals surface area contributed by atoms with Gasteiger partial charge in [0, 0.05) is 17.5 Å². The van der Waals surface area contributed by atoms with E-state index in [-0.39, 0.29) is 0 Å². The number of aryl methyl sites for hydroxylation is 1. The van der Waals surface area contributed by atoms with Crippen LogP contribution in [0.3, 0.4) is 0 Å². The Morgan fingerprint density at radius 1 is 1.35 bits per heavy atom. The molecule has 0 atom stereocenters. The molecule has 0 radical (unpaired) electrons. The van der Waals surface area contributed by atoms with E-state index in [1.54, 1.807) is 25.3 Å². The van der Waals surface area contributed by atoms with Crippen LogP contribution in [0.15, 0.2) is 18.2 Å². The third-order valence-corrected chi connectivity index (χ3v) is 3.13. The summed E-state index contributed by atoms with van der Waals surface area (Å²) in [5, 5.41) is 9.05. The van der Waals surface area contributed by atoms with Crippen molar-refractivity contribution in [2.75, 3.05) is 12.8 Å². The second-order valence-corrected chi connectivity index (χ2v) is 4.38. The molecular weight excluding hydrogens is 252 g/mol. The van der Waals surface area contributed by atoms with E-state index in [0.717, 1.165) is 11.1 Å². The van der Waals surface area contributed by atoms with Gasteiger partial charge in [0.2, 0.25) is 0 Å². The first-order chi connectivity index (χ1) is 9.60. The molecule has 0 saturated heterocycles. The van der Waals surface area contributed by atoms with Gasteiger partial charge in [-0.05, 0) is 25.1 Å². The van der Waals surface area contributed by atoms with Crippen molar-refractivity contribution in [2.45, 2.75) is 20.3 Å². The molecule has 1 aromatic heterocycles. The molecule has 0 aliphatic heterocycles. The average Bonchev–Trinajstić information content (AvgIpc) is 2.49. The van der Waals surface area contributed by atoms with Crippen LogP contribution >= 0.6 is 0 Å². The first-order valence-electron chi connectivity index (χ1n) is 6.32. The van der Waals surface area contributed by atoms with Crippen molar-refractivity contribution in [3.8, 4) is 23.1 Å². The van der Waals surface area contributed by atoms with Crippen molar-refractivity contribution in [1.29, 1.82) is 5.26 Å². The highest BCUT2D eigenvalue weighted by Crippen LogP contribution is 2.33. The number of nitrogens with two attached hydrogens (primary N) is 1. The van der Waals surface area contributed by atoms with Crippen LogP contribution < -0.4 is 10.5 Å². The molecule has 20 heavy (non-hydrogen) atoms. The molecule has 2 rings (SSSR count). The fraction of sp³-hybridized carbons (Fsp3) is 0.267. The molecule has 0 spiro atoms. The van der Waals surface area contributed by atoms with E-state index in [1.165, 1.54) is 0 Å². The number of rotatable bonds is 3. The van der Waals surface area contributed by atoms with E-state index < -0.39 is 0 Å². The van der Waals surface area contributed by atoms with E-state index in [2.05, 4.69) is 16.0 Å². The van der Waals surface area contributed by atoms with Gasteiger partial charge in [0.15, 0.2) is 0 Å². The zero-order chi connectivity index (χ0) is 14.7. The number of aromatic nitrogens is 2. The predicted molar refractivity (Wildman–Crippen MR) is 77.3 cm³/mol. The number of hydrogen-bond acceptors (Lipinski definition) is 5. The lowest BCUT2D eigenvalue weighted by molar-refractivity contribution is 0.416. The maximum absolute atomic E-state index is 9.05. The van der Waals surface area contributed by atoms with E-state index in [9.17, 15) is 0 Å². The molecule has 0 unspecified atom stereocenters. The quantitative estimate of drug-likeness (QED) is 0.924. The van der Waals surface area contributed by atoms with Gasteiger partial charge in [-0.25, -0.2) is 9.97 Å². The Kier molecular flexibility index (Phi) is 3.85. The Labute approximate surface area is 118 Å². The standard InChI is InChI=1S/C15H16N4O/c1-4-13-18-14(9(2)15(17)19-13)11-7-10(8-16)5-6-12(11)20-3/h5-7H,4H2,1-3H3,(H2,17,18,19). The van der Waals surface area contributed by atoms with Crippen molar-refractivity contribution in [3.05, 3.63) is 35.2 Å². The van der Waals surface area contributed by atoms with E-state index >= 15 is 0 Å². The number of methoxy groups -OCH3 is 1. The minimum absolute atomic E-state index is 0.455. The van der Waals surface area contributed by atoms with Crippen molar-refractivity contribution in [3.63, 3.8) is 0 Å². The van der Waals surface area contributed by atoms with Crippen molar-refractivity contribution in [1.82, 2.24) is 9.97 Å². The van der Waals surface area contributed by atoms with Crippen LogP contribution in [0.4, 0.5) is 5.82 Å². The summed E-state index contributed by atoms with van der Waals surface area (Å²) in [6, 6.07) is 7.35. The largest absolute Gasteiger partial charge is 0.496 e. The molecule has 0 fully saturated rings. The summed E-state index contributed by atoms with van der Waals surface area (Å²) in [5.74, 6) is 1.79. The molecule has 0 amide bonds. The minimum atomic E-state index is 0.455. The van der Waals surface area contributed by atoms with Gasteiger partial charge < -0.3 is 10.5 Å². The summed E-state index contributed by atoms with van der Waals surface area (Å²) in [7, 11) is 1.59. The molecule has 5 heteroatoms. The zero-order valence-electron chi connectivity index (χ0n) is 11.8. The van der Waals surface area contributed by atoms with E-state index in [4.69, 9.17) is 15.7 Å². The second-order valence-electron chi connectivity index (χ2n) is 4.38. The number of nitriles is 1. The summed E-state index contributed by atoms with van der Waals surface area (Å²) in [6.07, 6.45) is 0.692. The molecule has 0 bridgehead atoms. The van der Waals surface area contributed by atoms with Crippen molar-refractivity contribution < 1.29 is 4.74 Å². The summed E-state index contributed by atoms with van der Waals surface area (Å²) < 4.78 is 5.36. The van der Waals surface area contributed by atoms with Gasteiger partial charge in [0.25, 0.3) is 0 Å². The third-order valence-electron chi connectivity index (χ3n) is 3.13. The predicted octanol–water partition coefficient (Wildman–Crippen LogP) is 2.48. The lowest BCUT2D eigenvalue weighted by atomic mass is 10.0. The molecule has 1 heterocycles. The van der Waals surface area contributed by atoms with Gasteiger partial charge >= 0.3 is 0 Å². The smallest absolute Gasteiger partial charge is 0.131 e. The van der Waals surface area contributed by atoms with Gasteiger partial charge in [-0.15, -0.1) is 0 Å². The van der Waals surface area contributed by atoms with Crippen LogP contribution in [0.1, 0.15) is 23.9 Å². The highest BCUT2D eigenvalue weighted by Gasteiger charge is 2.15. The van der Waals surface area contributed by atoms with E-state index in [0.29, 0.717) is 35.1 Å². The number of nitrogen functional groups attached to an aromatic ring is 1. The maximum Gasteiger partial charge on any atom is 0.131 e. The highest BCUT2D eigenvalue weighted by atomic mass is 16.5. The first kappa shape index (κ1) is 13.8. The summed E-state index contributed by atoms with van der Waals surface area (Å²) in [5.41, 5.74) is 8.75. The molecule has 102 valence electrons. The first-order valence-corrected chi connectivity index (χ1v) is 6.32. The van der Waals surface area contributed by atoms with Crippen LogP contribution in [-0.4, -0.2) is 17.1 Å². The Balaban J connectivity index is 2.73. The highest BCUT2D eigenvalue weighted by molar-refractivity contribution is 5.74. The molecule has 2 N–H and O–H groups in total. The third kappa shape index (κ3) is 2.41. The van der Waals surface area contributed by atoms with Crippen LogP contribution in [-0.2, 0) is 6.42 Å². The minimum Gasteiger partial charge on any atom is -0.496 e. The Hall–Kier alpha value is -2.61. The van der Waals surface area contributed by atoms with Crippen molar-refractivity contribution in [2.24, 2.45) is 0 Å². The number of nitrogens with zero attached hydrogens (tertiary/aromatic N) is 3. The molecular formula is C15H16N4O. The fourth-order valence-electron chi connectivity index (χ4n) is 1.97. The monoisotopic (exact) mass is 268 g/mol. The SMILES string of the molecule is CCc1nc(N)c(C)c(-c2cc(C#N)ccc2OC)n1. The van der Waals surface area contributed by atoms with Gasteiger partial charge in [-0.1, -0.05) is 6.92 Å². The molecule has 0 aliphatic rings. The molecule has 0 saturated carbocycles. The molecule has 1 aromatic carbocycles. The fourth-order valence-corrected chi connectivity index (χ4v) is 1.97. The normalized spacial score (nSPS) is 10.1. The summed E-state index contributed by atoms with van der Waals surface area (Å²) >= 11 is 0. The lowest BCUT2D eigenvalue weighted by Gasteiger charge is -2.13. The number of anilines is 1. The van der Waals surface area contributed by atoms with Gasteiger partial charge in [-0.3, -0.25) is 0 Å². The summed E-state index contributed by atoms with van der Waals surface area (Å²) in [6.45, 7) is 3.83. The van der Waals surface area contributed by atoms with Crippen molar-refractivity contribution >= 4 is 5.82 Å². The Morgan fingerprint density at radius 3 is 2.70 bits per heavy atom. The molecule has 5 nitrogen and oxygen atoms in total. The lowest BCUT2D eigenvalue weighted by Crippen LogP contribution is -2.05. The molecule has 2 aromatic rings. The van der Waals surface area contributed by atoms with Gasteiger partial charge in [-0.2, -0.15) is 5.26 Å². The van der Waals surface area contributed by atoms with Crippen LogP contribution in [0.25, 0.3) is 11.3 Å². The number of ether oxygens (including phenoxy) is 1. The zero-order valence-corrected chi connectivity index (χ0v) is 11.8. The molecule has 0 aliphatic carbocycles. The summed E-state index contributed by atoms with van der Waals surface area (Å²) in [4.78, 5) is 8.76. The average molecular weight is 268 g/mol. The Bertz CT molecular complexity index is 689. The van der Waals surface area contributed by atoms with Crippen LogP contribution in [0.2, 0.25) is 0 Å². The van der Waals surface area contributed by atoms with Gasteiger partial charge in [0.1, 0.15) is 17.4 Å². The Morgan fingerprint density at radius 2 is 2.10 bits per heavy atom. The van der Waals surface area contributed by atoms with E-state index in [1.807, 2.05) is 13.8 Å². The number of hydrogen-bond donors (Lipinski definition) is 1. The van der Waals surface area contributed by atoms with Crippen LogP contribution in [0.5, 0.6) is 5.75 Å². The second kappa shape index (κ2) is 5.57. The number of benzene rings is 1.